The van der Waals surface area contributed by atoms with Gasteiger partial charge in [-0.25, -0.2) is 0 Å². The van der Waals surface area contributed by atoms with Crippen molar-refractivity contribution in [3.05, 3.63) is 23.7 Å². The van der Waals surface area contributed by atoms with Crippen molar-refractivity contribution in [1.82, 2.24) is 10.6 Å². The first-order valence-corrected chi connectivity index (χ1v) is 7.98. The average molecular weight is 310 g/mol. The van der Waals surface area contributed by atoms with Crippen molar-refractivity contribution in [2.45, 2.75) is 31.1 Å². The van der Waals surface area contributed by atoms with Gasteiger partial charge < -0.3 is 20.8 Å². The molecule has 116 valence electrons. The molecule has 1 aromatic rings. The van der Waals surface area contributed by atoms with Gasteiger partial charge in [0.15, 0.2) is 11.7 Å². The molecule has 1 amide bonds. The number of carbonyl (C=O) groups excluding carboxylic acids is 1. The molecule has 0 saturated carbocycles. The molecule has 1 fully saturated rings. The predicted octanol–water partition coefficient (Wildman–Crippen LogP) is 1.33. The Hall–Kier alpha value is -1.63. The highest BCUT2D eigenvalue weighted by molar-refractivity contribution is 8.00. The second-order valence-electron chi connectivity index (χ2n) is 5.31. The van der Waals surface area contributed by atoms with Crippen LogP contribution in [0.5, 0.6) is 0 Å². The zero-order valence-corrected chi connectivity index (χ0v) is 13.3. The minimum Gasteiger partial charge on any atom is -0.454 e. The van der Waals surface area contributed by atoms with Gasteiger partial charge in [-0.15, -0.1) is 0 Å². The fourth-order valence-electron chi connectivity index (χ4n) is 2.24. The van der Waals surface area contributed by atoms with E-state index in [2.05, 4.69) is 22.5 Å². The molecular weight excluding hydrogens is 288 g/mol. The Kier molecular flexibility index (Phi) is 5.17. The highest BCUT2D eigenvalue weighted by Crippen LogP contribution is 2.36. The zero-order valence-electron chi connectivity index (χ0n) is 12.4. The van der Waals surface area contributed by atoms with E-state index in [0.29, 0.717) is 12.3 Å². The van der Waals surface area contributed by atoms with Crippen molar-refractivity contribution in [3.63, 3.8) is 0 Å². The molecular formula is C14H22N4O2S. The van der Waals surface area contributed by atoms with E-state index in [1.807, 2.05) is 11.8 Å². The number of thioether (sulfide) groups is 1. The summed E-state index contributed by atoms with van der Waals surface area (Å²) < 4.78 is 5.59. The lowest BCUT2D eigenvalue weighted by atomic mass is 10.1. The first kappa shape index (κ1) is 15.8. The number of aliphatic imine (C=N–C) groups is 1. The largest absolute Gasteiger partial charge is 0.454 e. The number of nitrogens with one attached hydrogen (secondary N) is 2. The number of nitrogens with two attached hydrogens (primary N) is 1. The lowest BCUT2D eigenvalue weighted by Gasteiger charge is -2.24. The first-order valence-electron chi connectivity index (χ1n) is 6.99. The normalized spacial score (nSPS) is 22.3. The second-order valence-corrected chi connectivity index (χ2v) is 6.99. The summed E-state index contributed by atoms with van der Waals surface area (Å²) in [5, 5.41) is 6.50. The minimum atomic E-state index is -0.560. The summed E-state index contributed by atoms with van der Waals surface area (Å²) in [4.78, 5) is 15.2. The van der Waals surface area contributed by atoms with Crippen molar-refractivity contribution < 1.29 is 9.21 Å². The topological polar surface area (TPSA) is 92.6 Å². The summed E-state index contributed by atoms with van der Waals surface area (Å²) in [6.07, 6.45) is 2.50. The Bertz CT molecular complexity index is 521. The Morgan fingerprint density at radius 3 is 2.90 bits per heavy atom. The van der Waals surface area contributed by atoms with Gasteiger partial charge >= 0.3 is 0 Å². The van der Waals surface area contributed by atoms with E-state index in [1.54, 1.807) is 19.2 Å². The molecule has 0 aliphatic carbocycles. The molecule has 2 heterocycles. The number of nitrogens with zero attached hydrogens (tertiary/aromatic N) is 1. The highest BCUT2D eigenvalue weighted by Gasteiger charge is 2.29. The fourth-order valence-corrected chi connectivity index (χ4v) is 3.49. The van der Waals surface area contributed by atoms with Gasteiger partial charge in [-0.2, -0.15) is 11.8 Å². The first-order chi connectivity index (χ1) is 10.0. The van der Waals surface area contributed by atoms with E-state index in [4.69, 9.17) is 10.2 Å². The Labute approximate surface area is 128 Å². The van der Waals surface area contributed by atoms with Crippen LogP contribution in [0.4, 0.5) is 0 Å². The molecule has 1 aliphatic rings. The van der Waals surface area contributed by atoms with Crippen LogP contribution in [-0.4, -0.2) is 36.0 Å². The predicted molar refractivity (Wildman–Crippen MR) is 85.5 cm³/mol. The van der Waals surface area contributed by atoms with Crippen LogP contribution in [0.15, 0.2) is 21.5 Å². The van der Waals surface area contributed by atoms with Gasteiger partial charge in [0.25, 0.3) is 5.91 Å². The third kappa shape index (κ3) is 4.42. The number of hydrogen-bond acceptors (Lipinski definition) is 4. The summed E-state index contributed by atoms with van der Waals surface area (Å²) in [6.45, 7) is 3.61. The van der Waals surface area contributed by atoms with Gasteiger partial charge in [0.1, 0.15) is 5.76 Å². The summed E-state index contributed by atoms with van der Waals surface area (Å²) in [5.41, 5.74) is 5.15. The lowest BCUT2D eigenvalue weighted by molar-refractivity contribution is 0.0972. The van der Waals surface area contributed by atoms with Gasteiger partial charge in [-0.05, 0) is 37.7 Å². The molecule has 0 bridgehead atoms. The van der Waals surface area contributed by atoms with E-state index in [9.17, 15) is 4.79 Å². The molecule has 7 heteroatoms. The van der Waals surface area contributed by atoms with E-state index in [-0.39, 0.29) is 10.5 Å². The number of primary amides is 1. The van der Waals surface area contributed by atoms with Crippen LogP contribution in [0.3, 0.4) is 0 Å². The van der Waals surface area contributed by atoms with Crippen LogP contribution in [0.2, 0.25) is 0 Å². The van der Waals surface area contributed by atoms with Crippen LogP contribution < -0.4 is 16.4 Å². The van der Waals surface area contributed by atoms with E-state index >= 15 is 0 Å². The maximum absolute atomic E-state index is 11.0. The van der Waals surface area contributed by atoms with Gasteiger partial charge in [0.05, 0.1) is 6.54 Å². The second kappa shape index (κ2) is 6.89. The Balaban J connectivity index is 1.80. The average Bonchev–Trinajstić information content (AvgIpc) is 3.08. The van der Waals surface area contributed by atoms with Crippen molar-refractivity contribution in [2.24, 2.45) is 10.7 Å². The van der Waals surface area contributed by atoms with E-state index in [0.717, 1.165) is 12.5 Å². The summed E-state index contributed by atoms with van der Waals surface area (Å²) >= 11 is 2.00. The van der Waals surface area contributed by atoms with Crippen LogP contribution in [0.25, 0.3) is 0 Å². The monoisotopic (exact) mass is 310 g/mol. The number of hydrogen-bond donors (Lipinski definition) is 3. The molecule has 1 unspecified atom stereocenters. The van der Waals surface area contributed by atoms with Crippen LogP contribution in [0.1, 0.15) is 36.1 Å². The van der Waals surface area contributed by atoms with Crippen molar-refractivity contribution in [3.8, 4) is 0 Å². The van der Waals surface area contributed by atoms with E-state index < -0.39 is 5.91 Å². The minimum absolute atomic E-state index is 0.171. The molecule has 0 aromatic carbocycles. The zero-order chi connectivity index (χ0) is 15.3. The van der Waals surface area contributed by atoms with Crippen molar-refractivity contribution in [1.29, 1.82) is 0 Å². The van der Waals surface area contributed by atoms with Crippen molar-refractivity contribution in [2.75, 3.05) is 19.3 Å². The fraction of sp³-hybridized carbons (Fsp3) is 0.571. The molecule has 1 atom stereocenters. The molecule has 21 heavy (non-hydrogen) atoms. The van der Waals surface area contributed by atoms with E-state index in [1.165, 1.54) is 18.6 Å². The summed E-state index contributed by atoms with van der Waals surface area (Å²) in [7, 11) is 1.73. The number of guanidine groups is 1. The van der Waals surface area contributed by atoms with Crippen molar-refractivity contribution >= 4 is 23.6 Å². The maximum Gasteiger partial charge on any atom is 0.284 e. The molecule has 1 aliphatic heterocycles. The Morgan fingerprint density at radius 2 is 2.33 bits per heavy atom. The summed E-state index contributed by atoms with van der Waals surface area (Å²) in [5.74, 6) is 2.21. The quantitative estimate of drug-likeness (QED) is 0.563. The third-order valence-electron chi connectivity index (χ3n) is 3.49. The molecule has 0 spiro atoms. The maximum atomic E-state index is 11.0. The number of amides is 1. The van der Waals surface area contributed by atoms with Crippen LogP contribution in [0, 0.1) is 0 Å². The van der Waals surface area contributed by atoms with Gasteiger partial charge in [0, 0.05) is 18.3 Å². The number of carbonyl (C=O) groups is 1. The Morgan fingerprint density at radius 1 is 1.52 bits per heavy atom. The van der Waals surface area contributed by atoms with Crippen LogP contribution in [-0.2, 0) is 6.54 Å². The lowest BCUT2D eigenvalue weighted by Crippen LogP contribution is -2.43. The van der Waals surface area contributed by atoms with Gasteiger partial charge in [-0.3, -0.25) is 9.79 Å². The number of rotatable bonds is 5. The smallest absolute Gasteiger partial charge is 0.284 e. The molecule has 0 radical (unpaired) electrons. The number of furan rings is 1. The molecule has 1 saturated heterocycles. The molecule has 2 rings (SSSR count). The SMILES string of the molecule is CN=C(NCc1ccc(C(N)=O)o1)NCC1(C)CCCS1. The van der Waals surface area contributed by atoms with Gasteiger partial charge in [0.2, 0.25) is 0 Å². The molecule has 1 aromatic heterocycles. The van der Waals surface area contributed by atoms with Gasteiger partial charge in [-0.1, -0.05) is 0 Å². The summed E-state index contributed by atoms with van der Waals surface area (Å²) in [6, 6.07) is 3.31. The molecule has 6 nitrogen and oxygen atoms in total. The highest BCUT2D eigenvalue weighted by atomic mass is 32.2. The third-order valence-corrected chi connectivity index (χ3v) is 5.03. The molecule has 4 N–H and O–H groups in total. The standard InChI is InChI=1S/C14H22N4O2S/c1-14(6-3-7-21-14)9-18-13(16-2)17-8-10-4-5-11(20-10)12(15)19/h4-5H,3,6-9H2,1-2H3,(H2,15,19)(H2,16,17,18). The van der Waals surface area contributed by atoms with Crippen LogP contribution >= 0.6 is 11.8 Å².